The lowest BCUT2D eigenvalue weighted by Gasteiger charge is -2.18. The van der Waals surface area contributed by atoms with Crippen molar-refractivity contribution in [3.63, 3.8) is 0 Å². The monoisotopic (exact) mass is 422 g/mol. The highest BCUT2D eigenvalue weighted by Crippen LogP contribution is 2.35. The van der Waals surface area contributed by atoms with Crippen LogP contribution in [-0.4, -0.2) is 30.9 Å². The fourth-order valence-electron chi connectivity index (χ4n) is 4.14. The maximum Gasteiger partial charge on any atom is 0.258 e. The molecule has 0 aromatic carbocycles. The van der Waals surface area contributed by atoms with Gasteiger partial charge in [-0.25, -0.2) is 4.98 Å². The first-order valence-corrected chi connectivity index (χ1v) is 10.9. The number of carbonyl (C=O) groups excluding carboxylic acids is 1. The van der Waals surface area contributed by atoms with Crippen molar-refractivity contribution < 1.29 is 9.21 Å². The Morgan fingerprint density at radius 2 is 2.10 bits per heavy atom. The quantitative estimate of drug-likeness (QED) is 0.512. The summed E-state index contributed by atoms with van der Waals surface area (Å²) in [5.74, 6) is 0.804. The molecule has 4 heterocycles. The van der Waals surface area contributed by atoms with Crippen molar-refractivity contribution in [3.05, 3.63) is 40.7 Å². The Morgan fingerprint density at radius 3 is 2.87 bits per heavy atom. The zero-order valence-electron chi connectivity index (χ0n) is 16.9. The molecule has 0 radical (unpaired) electrons. The molecule has 1 N–H and O–H groups in total. The number of carbonyl (C=O) groups is 1. The fourth-order valence-corrected chi connectivity index (χ4v) is 5.05. The summed E-state index contributed by atoms with van der Waals surface area (Å²) in [5.41, 5.74) is 2.45. The Hall–Kier alpha value is -3.07. The molecule has 0 atom stereocenters. The van der Waals surface area contributed by atoms with Gasteiger partial charge in [0.25, 0.3) is 5.91 Å². The number of anilines is 1. The van der Waals surface area contributed by atoms with Gasteiger partial charge in [-0.3, -0.25) is 14.8 Å². The van der Waals surface area contributed by atoms with Gasteiger partial charge in [0, 0.05) is 13.0 Å². The van der Waals surface area contributed by atoms with E-state index in [2.05, 4.69) is 25.6 Å². The van der Waals surface area contributed by atoms with Crippen LogP contribution in [0.3, 0.4) is 0 Å². The summed E-state index contributed by atoms with van der Waals surface area (Å²) in [6, 6.07) is 5.36. The molecule has 8 nitrogen and oxygen atoms in total. The Bertz CT molecular complexity index is 1200. The van der Waals surface area contributed by atoms with Crippen molar-refractivity contribution in [2.45, 2.75) is 44.9 Å². The third-order valence-electron chi connectivity index (χ3n) is 5.60. The van der Waals surface area contributed by atoms with Crippen molar-refractivity contribution in [2.75, 3.05) is 5.32 Å². The summed E-state index contributed by atoms with van der Waals surface area (Å²) < 4.78 is 7.18. The van der Waals surface area contributed by atoms with Gasteiger partial charge in [0.15, 0.2) is 11.4 Å². The van der Waals surface area contributed by atoms with Gasteiger partial charge in [0.2, 0.25) is 5.13 Å². The first-order chi connectivity index (χ1) is 14.6. The number of pyridine rings is 1. The average molecular weight is 423 g/mol. The number of aromatic nitrogens is 5. The molecule has 0 bridgehead atoms. The van der Waals surface area contributed by atoms with Crippen LogP contribution in [0.4, 0.5) is 5.13 Å². The topological polar surface area (TPSA) is 98.7 Å². The third-order valence-corrected chi connectivity index (χ3v) is 6.60. The SMILES string of the molecule is Cc1nn(C)c2nc(-c3ccco3)cc(C(=O)Nc3nnc(C4CCCCC4)s3)c12. The van der Waals surface area contributed by atoms with E-state index in [4.69, 9.17) is 4.42 Å². The molecule has 1 saturated carbocycles. The number of amides is 1. The lowest BCUT2D eigenvalue weighted by atomic mass is 9.90. The molecular weight excluding hydrogens is 400 g/mol. The highest BCUT2D eigenvalue weighted by molar-refractivity contribution is 7.15. The van der Waals surface area contributed by atoms with Gasteiger partial charge in [-0.1, -0.05) is 30.6 Å². The zero-order chi connectivity index (χ0) is 20.7. The van der Waals surface area contributed by atoms with Crippen LogP contribution in [0.2, 0.25) is 0 Å². The van der Waals surface area contributed by atoms with Crippen LogP contribution < -0.4 is 5.32 Å². The summed E-state index contributed by atoms with van der Waals surface area (Å²) in [5, 5.41) is 18.2. The van der Waals surface area contributed by atoms with Gasteiger partial charge < -0.3 is 4.42 Å². The molecule has 1 aliphatic carbocycles. The lowest BCUT2D eigenvalue weighted by molar-refractivity contribution is 0.102. The van der Waals surface area contributed by atoms with Crippen molar-refractivity contribution in [2.24, 2.45) is 7.05 Å². The van der Waals surface area contributed by atoms with E-state index in [0.29, 0.717) is 33.7 Å². The average Bonchev–Trinajstić information content (AvgIpc) is 3.50. The molecule has 0 unspecified atom stereocenters. The largest absolute Gasteiger partial charge is 0.463 e. The minimum atomic E-state index is -0.252. The van der Waals surface area contributed by atoms with Crippen molar-refractivity contribution in [1.29, 1.82) is 0 Å². The highest BCUT2D eigenvalue weighted by Gasteiger charge is 2.23. The molecule has 1 aliphatic rings. The summed E-state index contributed by atoms with van der Waals surface area (Å²) in [4.78, 5) is 17.9. The van der Waals surface area contributed by atoms with Crippen molar-refractivity contribution >= 4 is 33.4 Å². The molecular formula is C21H22N6O2S. The number of nitrogens with zero attached hydrogens (tertiary/aromatic N) is 5. The second-order valence-electron chi connectivity index (χ2n) is 7.67. The second-order valence-corrected chi connectivity index (χ2v) is 8.68. The van der Waals surface area contributed by atoms with Gasteiger partial charge in [-0.15, -0.1) is 10.2 Å². The van der Waals surface area contributed by atoms with Crippen LogP contribution in [0.1, 0.15) is 59.1 Å². The summed E-state index contributed by atoms with van der Waals surface area (Å²) in [6.45, 7) is 1.87. The molecule has 5 rings (SSSR count). The maximum absolute atomic E-state index is 13.2. The van der Waals surface area contributed by atoms with E-state index in [9.17, 15) is 4.79 Å². The van der Waals surface area contributed by atoms with E-state index >= 15 is 0 Å². The number of hydrogen-bond donors (Lipinski definition) is 1. The van der Waals surface area contributed by atoms with E-state index in [1.165, 1.54) is 30.6 Å². The zero-order valence-corrected chi connectivity index (χ0v) is 17.7. The molecule has 0 spiro atoms. The van der Waals surface area contributed by atoms with Gasteiger partial charge >= 0.3 is 0 Å². The van der Waals surface area contributed by atoms with E-state index in [1.807, 2.05) is 20.0 Å². The Morgan fingerprint density at radius 1 is 1.27 bits per heavy atom. The van der Waals surface area contributed by atoms with Gasteiger partial charge in [-0.2, -0.15) is 5.10 Å². The molecule has 0 aliphatic heterocycles. The number of aryl methyl sites for hydroxylation is 2. The Balaban J connectivity index is 1.49. The van der Waals surface area contributed by atoms with Gasteiger partial charge in [0.1, 0.15) is 10.7 Å². The molecule has 0 saturated heterocycles. The number of nitrogens with one attached hydrogen (secondary N) is 1. The molecule has 1 amide bonds. The predicted octanol–water partition coefficient (Wildman–Crippen LogP) is 4.69. The van der Waals surface area contributed by atoms with Crippen LogP contribution in [0, 0.1) is 6.92 Å². The molecule has 154 valence electrons. The van der Waals surface area contributed by atoms with Crippen LogP contribution in [0.25, 0.3) is 22.5 Å². The highest BCUT2D eigenvalue weighted by atomic mass is 32.1. The van der Waals surface area contributed by atoms with E-state index in [0.717, 1.165) is 28.9 Å². The molecule has 30 heavy (non-hydrogen) atoms. The normalized spacial score (nSPS) is 15.0. The number of hydrogen-bond acceptors (Lipinski definition) is 7. The molecule has 1 fully saturated rings. The second kappa shape index (κ2) is 7.64. The van der Waals surface area contributed by atoms with Crippen LogP contribution in [0.15, 0.2) is 28.9 Å². The lowest BCUT2D eigenvalue weighted by Crippen LogP contribution is -2.13. The number of furan rings is 1. The smallest absolute Gasteiger partial charge is 0.258 e. The maximum atomic E-state index is 13.2. The van der Waals surface area contributed by atoms with E-state index < -0.39 is 0 Å². The molecule has 4 aromatic heterocycles. The van der Waals surface area contributed by atoms with E-state index in [-0.39, 0.29) is 5.91 Å². The van der Waals surface area contributed by atoms with Crippen LogP contribution in [0.5, 0.6) is 0 Å². The van der Waals surface area contributed by atoms with E-state index in [1.54, 1.807) is 23.1 Å². The number of rotatable bonds is 4. The first-order valence-electron chi connectivity index (χ1n) is 10.1. The van der Waals surface area contributed by atoms with Crippen molar-refractivity contribution in [1.82, 2.24) is 25.0 Å². The number of fused-ring (bicyclic) bond motifs is 1. The van der Waals surface area contributed by atoms with Crippen LogP contribution >= 0.6 is 11.3 Å². The standard InChI is InChI=1S/C21H22N6O2S/c1-12-17-14(11-15(16-9-6-10-29-16)22-18(17)27(2)26-12)19(28)23-21-25-24-20(30-21)13-7-4-3-5-8-13/h6,9-11,13H,3-5,7-8H2,1-2H3,(H,23,25,28). The van der Waals surface area contributed by atoms with Gasteiger partial charge in [0.05, 0.1) is 22.9 Å². The summed E-state index contributed by atoms with van der Waals surface area (Å²) in [6.07, 6.45) is 7.64. The molecule has 4 aromatic rings. The molecule has 9 heteroatoms. The fraction of sp³-hybridized carbons (Fsp3) is 0.381. The summed E-state index contributed by atoms with van der Waals surface area (Å²) in [7, 11) is 1.82. The first kappa shape index (κ1) is 18.9. The Labute approximate surface area is 177 Å². The van der Waals surface area contributed by atoms with Gasteiger partial charge in [-0.05, 0) is 38.0 Å². The minimum Gasteiger partial charge on any atom is -0.463 e. The third kappa shape index (κ3) is 3.39. The Kier molecular flexibility index (Phi) is 4.82. The minimum absolute atomic E-state index is 0.252. The summed E-state index contributed by atoms with van der Waals surface area (Å²) >= 11 is 1.47. The van der Waals surface area contributed by atoms with Crippen molar-refractivity contribution in [3.8, 4) is 11.5 Å². The van der Waals surface area contributed by atoms with Crippen LogP contribution in [-0.2, 0) is 7.05 Å². The predicted molar refractivity (Wildman–Crippen MR) is 115 cm³/mol.